The zero-order valence-electron chi connectivity index (χ0n) is 10.2. The summed E-state index contributed by atoms with van der Waals surface area (Å²) in [4.78, 5) is 21.9. The molecular weight excluding hydrogens is 236 g/mol. The number of ether oxygens (including phenoxy) is 1. The minimum absolute atomic E-state index is 0.357. The van der Waals surface area contributed by atoms with Crippen molar-refractivity contribution in [1.29, 1.82) is 0 Å². The van der Waals surface area contributed by atoms with Gasteiger partial charge in [0.15, 0.2) is 0 Å². The number of hydrogen-bond acceptors (Lipinski definition) is 3. The lowest BCUT2D eigenvalue weighted by molar-refractivity contribution is -0.120. The van der Waals surface area contributed by atoms with E-state index in [9.17, 15) is 9.59 Å². The maximum absolute atomic E-state index is 11.2. The van der Waals surface area contributed by atoms with Crippen molar-refractivity contribution in [2.24, 2.45) is 5.73 Å². The standard InChI is InChI=1S/C12H16N2O4/c1-7(10(11(13)15)14-12(16)17)8-3-5-9(18-2)6-4-8/h3-7,10,14H,1-2H3,(H2,13,15)(H,16,17)/t7-,10+/m1/s1. The van der Waals surface area contributed by atoms with Crippen molar-refractivity contribution in [3.63, 3.8) is 0 Å². The van der Waals surface area contributed by atoms with Crippen LogP contribution in [0.3, 0.4) is 0 Å². The van der Waals surface area contributed by atoms with Gasteiger partial charge in [-0.1, -0.05) is 19.1 Å². The van der Waals surface area contributed by atoms with E-state index in [-0.39, 0.29) is 5.92 Å². The monoisotopic (exact) mass is 252 g/mol. The predicted octanol–water partition coefficient (Wildman–Crippen LogP) is 0.920. The van der Waals surface area contributed by atoms with Crippen LogP contribution in [0.5, 0.6) is 5.75 Å². The minimum atomic E-state index is -1.28. The van der Waals surface area contributed by atoms with Crippen LogP contribution in [0.2, 0.25) is 0 Å². The Morgan fingerprint density at radius 3 is 2.28 bits per heavy atom. The Balaban J connectivity index is 2.90. The third kappa shape index (κ3) is 3.38. The lowest BCUT2D eigenvalue weighted by Gasteiger charge is -2.21. The van der Waals surface area contributed by atoms with E-state index in [1.807, 2.05) is 0 Å². The molecule has 0 saturated carbocycles. The molecule has 0 radical (unpaired) electrons. The fraction of sp³-hybridized carbons (Fsp3) is 0.333. The number of nitrogens with one attached hydrogen (secondary N) is 1. The van der Waals surface area contributed by atoms with Gasteiger partial charge in [0, 0.05) is 5.92 Å². The molecule has 0 aliphatic heterocycles. The van der Waals surface area contributed by atoms with Gasteiger partial charge in [-0.3, -0.25) is 4.79 Å². The summed E-state index contributed by atoms with van der Waals surface area (Å²) in [5.41, 5.74) is 5.99. The Hall–Kier alpha value is -2.24. The zero-order valence-corrected chi connectivity index (χ0v) is 10.2. The summed E-state index contributed by atoms with van der Waals surface area (Å²) in [5.74, 6) is -0.377. The maximum atomic E-state index is 11.2. The topological polar surface area (TPSA) is 102 Å². The summed E-state index contributed by atoms with van der Waals surface area (Å²) in [6.07, 6.45) is -1.28. The molecule has 1 aromatic carbocycles. The molecule has 0 aliphatic rings. The van der Waals surface area contributed by atoms with E-state index in [1.165, 1.54) is 0 Å². The van der Waals surface area contributed by atoms with Crippen molar-refractivity contribution < 1.29 is 19.4 Å². The van der Waals surface area contributed by atoms with Crippen molar-refractivity contribution in [2.75, 3.05) is 7.11 Å². The molecule has 2 amide bonds. The van der Waals surface area contributed by atoms with E-state index in [0.29, 0.717) is 5.75 Å². The van der Waals surface area contributed by atoms with E-state index in [0.717, 1.165) is 5.56 Å². The van der Waals surface area contributed by atoms with Crippen LogP contribution in [0.1, 0.15) is 18.4 Å². The second kappa shape index (κ2) is 5.90. The van der Waals surface area contributed by atoms with Crippen LogP contribution in [0.15, 0.2) is 24.3 Å². The van der Waals surface area contributed by atoms with E-state index >= 15 is 0 Å². The molecule has 98 valence electrons. The first-order chi connectivity index (χ1) is 8.45. The highest BCUT2D eigenvalue weighted by Crippen LogP contribution is 2.22. The van der Waals surface area contributed by atoms with Gasteiger partial charge in [-0.15, -0.1) is 0 Å². The van der Waals surface area contributed by atoms with Crippen molar-refractivity contribution >= 4 is 12.0 Å². The number of carboxylic acid groups (broad SMARTS) is 1. The molecule has 1 rings (SSSR count). The molecule has 0 heterocycles. The first-order valence-electron chi connectivity index (χ1n) is 5.38. The van der Waals surface area contributed by atoms with Crippen LogP contribution in [0, 0.1) is 0 Å². The zero-order chi connectivity index (χ0) is 13.7. The number of primary amides is 1. The molecule has 0 bridgehead atoms. The van der Waals surface area contributed by atoms with Gasteiger partial charge in [0.05, 0.1) is 7.11 Å². The second-order valence-electron chi connectivity index (χ2n) is 3.89. The van der Waals surface area contributed by atoms with Crippen LogP contribution in [0.4, 0.5) is 4.79 Å². The van der Waals surface area contributed by atoms with E-state index < -0.39 is 18.0 Å². The van der Waals surface area contributed by atoms with Gasteiger partial charge in [-0.05, 0) is 17.7 Å². The Kier molecular flexibility index (Phi) is 4.53. The van der Waals surface area contributed by atoms with Gasteiger partial charge in [-0.2, -0.15) is 0 Å². The molecule has 0 spiro atoms. The number of hydrogen-bond donors (Lipinski definition) is 3. The smallest absolute Gasteiger partial charge is 0.405 e. The third-order valence-corrected chi connectivity index (χ3v) is 2.73. The number of amides is 2. The van der Waals surface area contributed by atoms with Crippen LogP contribution < -0.4 is 15.8 Å². The highest BCUT2D eigenvalue weighted by molar-refractivity contribution is 5.84. The van der Waals surface area contributed by atoms with Gasteiger partial charge in [-0.25, -0.2) is 4.79 Å². The average Bonchev–Trinajstić information content (AvgIpc) is 2.34. The number of methoxy groups -OCH3 is 1. The number of nitrogens with two attached hydrogens (primary N) is 1. The number of carbonyl (C=O) groups excluding carboxylic acids is 1. The fourth-order valence-corrected chi connectivity index (χ4v) is 1.68. The van der Waals surface area contributed by atoms with Crippen LogP contribution in [0.25, 0.3) is 0 Å². The molecular formula is C12H16N2O4. The molecule has 1 aromatic rings. The highest BCUT2D eigenvalue weighted by Gasteiger charge is 2.25. The molecule has 0 aromatic heterocycles. The minimum Gasteiger partial charge on any atom is -0.497 e. The van der Waals surface area contributed by atoms with Crippen LogP contribution >= 0.6 is 0 Å². The molecule has 4 N–H and O–H groups in total. The van der Waals surface area contributed by atoms with Gasteiger partial charge in [0.2, 0.25) is 5.91 Å². The molecule has 0 fully saturated rings. The lowest BCUT2D eigenvalue weighted by Crippen LogP contribution is -2.47. The molecule has 18 heavy (non-hydrogen) atoms. The Morgan fingerprint density at radius 2 is 1.89 bits per heavy atom. The van der Waals surface area contributed by atoms with Crippen molar-refractivity contribution in [3.05, 3.63) is 29.8 Å². The quantitative estimate of drug-likeness (QED) is 0.725. The van der Waals surface area contributed by atoms with Crippen molar-refractivity contribution in [1.82, 2.24) is 5.32 Å². The van der Waals surface area contributed by atoms with Gasteiger partial charge < -0.3 is 20.9 Å². The molecule has 0 aliphatic carbocycles. The van der Waals surface area contributed by atoms with E-state index in [4.69, 9.17) is 15.6 Å². The molecule has 6 nitrogen and oxygen atoms in total. The van der Waals surface area contributed by atoms with Crippen molar-refractivity contribution in [3.8, 4) is 5.75 Å². The summed E-state index contributed by atoms with van der Waals surface area (Å²) in [6.45, 7) is 1.73. The molecule has 0 saturated heterocycles. The average molecular weight is 252 g/mol. The Morgan fingerprint density at radius 1 is 1.33 bits per heavy atom. The van der Waals surface area contributed by atoms with Gasteiger partial charge in [0.25, 0.3) is 0 Å². The van der Waals surface area contributed by atoms with E-state index in [1.54, 1.807) is 38.3 Å². The highest BCUT2D eigenvalue weighted by atomic mass is 16.5. The summed E-state index contributed by atoms with van der Waals surface area (Å²) in [5, 5.41) is 10.8. The fourth-order valence-electron chi connectivity index (χ4n) is 1.68. The van der Waals surface area contributed by atoms with Gasteiger partial charge >= 0.3 is 6.09 Å². The molecule has 2 atom stereocenters. The number of benzene rings is 1. The van der Waals surface area contributed by atoms with Crippen LogP contribution in [-0.2, 0) is 4.79 Å². The lowest BCUT2D eigenvalue weighted by atomic mass is 9.93. The first kappa shape index (κ1) is 13.8. The molecule has 0 unspecified atom stereocenters. The second-order valence-corrected chi connectivity index (χ2v) is 3.89. The van der Waals surface area contributed by atoms with Gasteiger partial charge in [0.1, 0.15) is 11.8 Å². The third-order valence-electron chi connectivity index (χ3n) is 2.73. The maximum Gasteiger partial charge on any atom is 0.405 e. The first-order valence-corrected chi connectivity index (χ1v) is 5.38. The Bertz CT molecular complexity index is 430. The largest absolute Gasteiger partial charge is 0.497 e. The SMILES string of the molecule is COc1ccc([C@@H](C)[C@H](NC(=O)O)C(N)=O)cc1. The summed E-state index contributed by atoms with van der Waals surface area (Å²) >= 11 is 0. The summed E-state index contributed by atoms with van der Waals surface area (Å²) in [7, 11) is 1.55. The summed E-state index contributed by atoms with van der Waals surface area (Å²) < 4.78 is 5.02. The van der Waals surface area contributed by atoms with Crippen molar-refractivity contribution in [2.45, 2.75) is 18.9 Å². The Labute approximate surface area is 105 Å². The number of rotatable bonds is 5. The van der Waals surface area contributed by atoms with Crippen LogP contribution in [-0.4, -0.2) is 30.3 Å². The summed E-state index contributed by atoms with van der Waals surface area (Å²) in [6, 6.07) is 6.05. The number of carbonyl (C=O) groups is 2. The predicted molar refractivity (Wildman–Crippen MR) is 65.6 cm³/mol. The van der Waals surface area contributed by atoms with E-state index in [2.05, 4.69) is 5.32 Å². The normalized spacial score (nSPS) is 13.4. The molecule has 6 heteroatoms.